The SMILES string of the molecule is CCOC(=O)C1=C(C)N=c2s/c(=C\c3ccc(OCc4ccccc4[N+](=O)[O-])c(OCC)c3)c(=O)n2C1c1ccc(OC)cc1. The number of hydrogen-bond donors (Lipinski definition) is 0. The van der Waals surface area contributed by atoms with Crippen LogP contribution in [0.15, 0.2) is 87.8 Å². The molecule has 0 amide bonds. The van der Waals surface area contributed by atoms with Crippen LogP contribution in [0.3, 0.4) is 0 Å². The smallest absolute Gasteiger partial charge is 0.338 e. The number of para-hydroxylation sites is 1. The summed E-state index contributed by atoms with van der Waals surface area (Å²) in [5.74, 6) is 0.938. The maximum absolute atomic E-state index is 14.0. The van der Waals surface area contributed by atoms with Crippen LogP contribution in [0, 0.1) is 10.1 Å². The van der Waals surface area contributed by atoms with Gasteiger partial charge in [0.15, 0.2) is 16.3 Å². The van der Waals surface area contributed by atoms with Crippen molar-refractivity contribution in [2.45, 2.75) is 33.4 Å². The molecule has 1 unspecified atom stereocenters. The van der Waals surface area contributed by atoms with Gasteiger partial charge in [-0.15, -0.1) is 0 Å². The van der Waals surface area contributed by atoms with Gasteiger partial charge in [0.25, 0.3) is 11.2 Å². The van der Waals surface area contributed by atoms with E-state index in [1.165, 1.54) is 22.0 Å². The van der Waals surface area contributed by atoms with Crippen molar-refractivity contribution in [1.82, 2.24) is 4.57 Å². The van der Waals surface area contributed by atoms with Gasteiger partial charge in [-0.1, -0.05) is 41.7 Å². The van der Waals surface area contributed by atoms with Crippen LogP contribution in [-0.4, -0.2) is 35.8 Å². The highest BCUT2D eigenvalue weighted by atomic mass is 32.1. The van der Waals surface area contributed by atoms with E-state index in [1.807, 2.05) is 19.1 Å². The Labute approximate surface area is 262 Å². The lowest BCUT2D eigenvalue weighted by Gasteiger charge is -2.24. The Morgan fingerprint density at radius 1 is 1.04 bits per heavy atom. The second kappa shape index (κ2) is 13.6. The van der Waals surface area contributed by atoms with Gasteiger partial charge >= 0.3 is 5.97 Å². The lowest BCUT2D eigenvalue weighted by atomic mass is 9.96. The number of nitro groups is 1. The van der Waals surface area contributed by atoms with E-state index in [2.05, 4.69) is 4.99 Å². The fraction of sp³-hybridized carbons (Fsp3) is 0.242. The minimum absolute atomic E-state index is 0.0251. The third-order valence-corrected chi connectivity index (χ3v) is 8.07. The van der Waals surface area contributed by atoms with E-state index in [1.54, 1.807) is 75.6 Å². The first-order valence-corrected chi connectivity index (χ1v) is 15.0. The van der Waals surface area contributed by atoms with Crippen LogP contribution in [0.2, 0.25) is 0 Å². The first-order chi connectivity index (χ1) is 21.7. The van der Waals surface area contributed by atoms with Crippen LogP contribution >= 0.6 is 11.3 Å². The Bertz CT molecular complexity index is 1960. The van der Waals surface area contributed by atoms with E-state index in [4.69, 9.17) is 18.9 Å². The van der Waals surface area contributed by atoms with Gasteiger partial charge in [0, 0.05) is 6.07 Å². The van der Waals surface area contributed by atoms with E-state index in [-0.39, 0.29) is 24.5 Å². The molecular weight excluding hydrogens is 598 g/mol. The first kappa shape index (κ1) is 31.2. The van der Waals surface area contributed by atoms with Crippen LogP contribution in [0.5, 0.6) is 17.2 Å². The highest BCUT2D eigenvalue weighted by Gasteiger charge is 2.33. The van der Waals surface area contributed by atoms with Gasteiger partial charge in [0.1, 0.15) is 12.4 Å². The van der Waals surface area contributed by atoms with E-state index < -0.39 is 16.9 Å². The number of rotatable bonds is 11. The van der Waals surface area contributed by atoms with Crippen molar-refractivity contribution in [2.75, 3.05) is 20.3 Å². The van der Waals surface area contributed by atoms with Crippen LogP contribution in [0.4, 0.5) is 5.69 Å². The number of nitrogens with zero attached hydrogens (tertiary/aromatic N) is 3. The van der Waals surface area contributed by atoms with Crippen LogP contribution in [-0.2, 0) is 16.1 Å². The highest BCUT2D eigenvalue weighted by molar-refractivity contribution is 7.07. The van der Waals surface area contributed by atoms with E-state index >= 15 is 0 Å². The third kappa shape index (κ3) is 6.50. The molecule has 12 heteroatoms. The van der Waals surface area contributed by atoms with E-state index in [9.17, 15) is 19.7 Å². The summed E-state index contributed by atoms with van der Waals surface area (Å²) < 4.78 is 24.3. The molecule has 0 saturated carbocycles. The molecule has 0 fully saturated rings. The summed E-state index contributed by atoms with van der Waals surface area (Å²) in [6, 6.07) is 18.0. The largest absolute Gasteiger partial charge is 0.497 e. The lowest BCUT2D eigenvalue weighted by molar-refractivity contribution is -0.385. The van der Waals surface area contributed by atoms with Gasteiger partial charge < -0.3 is 18.9 Å². The molecular formula is C33H31N3O8S. The number of carbonyl (C=O) groups is 1. The van der Waals surface area contributed by atoms with Gasteiger partial charge in [-0.25, -0.2) is 9.79 Å². The summed E-state index contributed by atoms with van der Waals surface area (Å²) in [4.78, 5) is 43.1. The number of benzene rings is 3. The fourth-order valence-corrected chi connectivity index (χ4v) is 6.06. The Kier molecular flexibility index (Phi) is 9.43. The molecule has 45 heavy (non-hydrogen) atoms. The molecule has 5 rings (SSSR count). The minimum Gasteiger partial charge on any atom is -0.497 e. The second-order valence-corrected chi connectivity index (χ2v) is 10.9. The average Bonchev–Trinajstić information content (AvgIpc) is 3.34. The van der Waals surface area contributed by atoms with E-state index in [0.29, 0.717) is 61.1 Å². The molecule has 1 aliphatic rings. The summed E-state index contributed by atoms with van der Waals surface area (Å²) in [7, 11) is 1.57. The monoisotopic (exact) mass is 629 g/mol. The predicted molar refractivity (Wildman–Crippen MR) is 168 cm³/mol. The normalized spacial score (nSPS) is 14.4. The molecule has 3 aromatic carbocycles. The first-order valence-electron chi connectivity index (χ1n) is 14.2. The number of esters is 1. The maximum atomic E-state index is 14.0. The van der Waals surface area contributed by atoms with Gasteiger partial charge in [0.05, 0.1) is 52.7 Å². The molecule has 1 atom stereocenters. The average molecular weight is 630 g/mol. The molecule has 11 nitrogen and oxygen atoms in total. The molecule has 4 aromatic rings. The zero-order chi connectivity index (χ0) is 32.1. The molecule has 1 aromatic heterocycles. The summed E-state index contributed by atoms with van der Waals surface area (Å²) in [6.07, 6.45) is 1.73. The number of thiazole rings is 1. The zero-order valence-electron chi connectivity index (χ0n) is 25.1. The van der Waals surface area contributed by atoms with Gasteiger partial charge in [-0.2, -0.15) is 0 Å². The number of carbonyl (C=O) groups excluding carboxylic acids is 1. The second-order valence-electron chi connectivity index (χ2n) is 9.89. The Morgan fingerprint density at radius 3 is 2.49 bits per heavy atom. The molecule has 0 radical (unpaired) electrons. The van der Waals surface area contributed by atoms with Gasteiger partial charge in [0.2, 0.25) is 0 Å². The highest BCUT2D eigenvalue weighted by Crippen LogP contribution is 2.33. The molecule has 232 valence electrons. The number of methoxy groups -OCH3 is 1. The number of fused-ring (bicyclic) bond motifs is 1. The van der Waals surface area contributed by atoms with Crippen molar-refractivity contribution in [2.24, 2.45) is 4.99 Å². The molecule has 0 N–H and O–H groups in total. The van der Waals surface area contributed by atoms with Gasteiger partial charge in [-0.3, -0.25) is 19.5 Å². The van der Waals surface area contributed by atoms with Crippen LogP contribution in [0.1, 0.15) is 43.5 Å². The summed E-state index contributed by atoms with van der Waals surface area (Å²) in [6.45, 7) is 5.80. The van der Waals surface area contributed by atoms with Crippen molar-refractivity contribution in [3.63, 3.8) is 0 Å². The van der Waals surface area contributed by atoms with Crippen LogP contribution in [0.25, 0.3) is 6.08 Å². The summed E-state index contributed by atoms with van der Waals surface area (Å²) >= 11 is 1.21. The molecule has 0 spiro atoms. The summed E-state index contributed by atoms with van der Waals surface area (Å²) in [5, 5.41) is 11.4. The van der Waals surface area contributed by atoms with Crippen molar-refractivity contribution in [3.05, 3.63) is 124 Å². The number of hydrogen-bond acceptors (Lipinski definition) is 10. The fourth-order valence-electron chi connectivity index (χ4n) is 5.01. The topological polar surface area (TPSA) is 131 Å². The quantitative estimate of drug-likeness (QED) is 0.133. The van der Waals surface area contributed by atoms with Crippen molar-refractivity contribution in [3.8, 4) is 17.2 Å². The summed E-state index contributed by atoms with van der Waals surface area (Å²) in [5.41, 5.74) is 2.23. The standard InChI is InChI=1S/C33H31N3O8S/c1-5-42-27-17-21(11-16-26(27)44-19-23-9-7-8-10-25(23)36(39)40)18-28-31(37)35-30(22-12-14-24(41-4)15-13-22)29(32(38)43-6-2)20(3)34-33(35)45-28/h7-18,30H,5-6,19H2,1-4H3/b28-18-. The number of nitro benzene ring substituents is 1. The molecule has 0 aliphatic carbocycles. The maximum Gasteiger partial charge on any atom is 0.338 e. The van der Waals surface area contributed by atoms with Crippen LogP contribution < -0.4 is 29.1 Å². The molecule has 0 saturated heterocycles. The Balaban J connectivity index is 1.54. The number of ether oxygens (including phenoxy) is 4. The van der Waals surface area contributed by atoms with Crippen molar-refractivity contribution >= 4 is 29.1 Å². The minimum atomic E-state index is -0.745. The molecule has 2 heterocycles. The number of aromatic nitrogens is 1. The molecule has 1 aliphatic heterocycles. The Hall–Kier alpha value is -5.23. The molecule has 0 bridgehead atoms. The van der Waals surface area contributed by atoms with Crippen molar-refractivity contribution < 1.29 is 28.7 Å². The zero-order valence-corrected chi connectivity index (χ0v) is 26.0. The van der Waals surface area contributed by atoms with E-state index in [0.717, 1.165) is 0 Å². The van der Waals surface area contributed by atoms with Gasteiger partial charge in [-0.05, 0) is 68.3 Å². The van der Waals surface area contributed by atoms with Crippen molar-refractivity contribution in [1.29, 1.82) is 0 Å². The Morgan fingerprint density at radius 2 is 1.80 bits per heavy atom. The lowest BCUT2D eigenvalue weighted by Crippen LogP contribution is -2.39. The number of allylic oxidation sites excluding steroid dienone is 1. The third-order valence-electron chi connectivity index (χ3n) is 7.09. The predicted octanol–water partition coefficient (Wildman–Crippen LogP) is 4.69.